The fraction of sp³-hybridized carbons (Fsp3) is 0.435. The Morgan fingerprint density at radius 2 is 1.76 bits per heavy atom. The molecule has 2 aromatic heterocycles. The zero-order valence-electron chi connectivity index (χ0n) is 20.5. The lowest BCUT2D eigenvalue weighted by Gasteiger charge is -2.32. The van der Waals surface area contributed by atoms with Crippen LogP contribution in [0.5, 0.6) is 0 Å². The maximum atomic E-state index is 12.5. The monoisotopic (exact) mass is 487 g/mol. The molecule has 34 heavy (non-hydrogen) atoms. The van der Waals surface area contributed by atoms with Crippen LogP contribution in [0.25, 0.3) is 16.9 Å². The van der Waals surface area contributed by atoms with Crippen LogP contribution < -0.4 is 20.6 Å². The molecule has 1 N–H and O–H groups in total. The second-order valence-corrected chi connectivity index (χ2v) is 11.6. The molecule has 0 spiro atoms. The summed E-state index contributed by atoms with van der Waals surface area (Å²) >= 11 is 0. The van der Waals surface area contributed by atoms with Crippen molar-refractivity contribution < 1.29 is 22.1 Å². The van der Waals surface area contributed by atoms with Gasteiger partial charge in [-0.3, -0.25) is 13.7 Å². The van der Waals surface area contributed by atoms with E-state index in [4.69, 9.17) is 13.7 Å². The molecule has 1 saturated heterocycles. The summed E-state index contributed by atoms with van der Waals surface area (Å²) in [6, 6.07) is 8.36. The Morgan fingerprint density at radius 3 is 2.32 bits per heavy atom. The predicted molar refractivity (Wildman–Crippen MR) is 134 cm³/mol. The first-order valence-corrected chi connectivity index (χ1v) is 12.8. The Hall–Kier alpha value is -2.60. The SMILES string of the molecule is CNCc1c(-n2ccccc2=O)oc2cc(N(C)S(C)(=O)=O)c(B3OC(C)(C)C(C)(C)O3)cc12. The number of furan rings is 1. The largest absolute Gasteiger partial charge is 0.497 e. The molecule has 0 amide bonds. The van der Waals surface area contributed by atoms with Crippen LogP contribution in [0, 0.1) is 0 Å². The highest BCUT2D eigenvalue weighted by Crippen LogP contribution is 2.38. The van der Waals surface area contributed by atoms with Gasteiger partial charge in [-0.25, -0.2) is 8.42 Å². The molecule has 9 nitrogen and oxygen atoms in total. The molecule has 1 aliphatic rings. The van der Waals surface area contributed by atoms with E-state index in [-0.39, 0.29) is 5.56 Å². The van der Waals surface area contributed by atoms with Crippen LogP contribution in [-0.2, 0) is 25.9 Å². The van der Waals surface area contributed by atoms with E-state index >= 15 is 0 Å². The minimum Gasteiger partial charge on any atom is -0.439 e. The molecule has 182 valence electrons. The van der Waals surface area contributed by atoms with Crippen molar-refractivity contribution in [2.75, 3.05) is 24.7 Å². The van der Waals surface area contributed by atoms with Gasteiger partial charge >= 0.3 is 7.12 Å². The summed E-state index contributed by atoms with van der Waals surface area (Å²) in [5.74, 6) is 0.369. The highest BCUT2D eigenvalue weighted by Gasteiger charge is 2.52. The van der Waals surface area contributed by atoms with Crippen LogP contribution in [0.15, 0.2) is 45.7 Å². The fourth-order valence-corrected chi connectivity index (χ4v) is 4.45. The molecule has 11 heteroatoms. The highest BCUT2D eigenvalue weighted by molar-refractivity contribution is 7.92. The van der Waals surface area contributed by atoms with Crippen molar-refractivity contribution in [3.8, 4) is 5.88 Å². The zero-order chi connectivity index (χ0) is 25.1. The summed E-state index contributed by atoms with van der Waals surface area (Å²) in [6.07, 6.45) is 2.77. The van der Waals surface area contributed by atoms with E-state index < -0.39 is 28.3 Å². The summed E-state index contributed by atoms with van der Waals surface area (Å²) in [4.78, 5) is 12.5. The average molecular weight is 487 g/mol. The number of hydrogen-bond donors (Lipinski definition) is 1. The first-order chi connectivity index (χ1) is 15.8. The van der Waals surface area contributed by atoms with Gasteiger partial charge in [-0.15, -0.1) is 0 Å². The van der Waals surface area contributed by atoms with Gasteiger partial charge in [-0.2, -0.15) is 0 Å². The van der Waals surface area contributed by atoms with Crippen molar-refractivity contribution in [3.05, 3.63) is 52.4 Å². The van der Waals surface area contributed by atoms with Gasteiger partial charge in [0.2, 0.25) is 15.9 Å². The Bertz CT molecular complexity index is 1390. The summed E-state index contributed by atoms with van der Waals surface area (Å²) in [7, 11) is -1.11. The number of rotatable bonds is 6. The van der Waals surface area contributed by atoms with Crippen molar-refractivity contribution in [1.29, 1.82) is 0 Å². The Morgan fingerprint density at radius 1 is 1.12 bits per heavy atom. The van der Waals surface area contributed by atoms with Crippen LogP contribution in [0.3, 0.4) is 0 Å². The second kappa shape index (κ2) is 8.26. The smallest absolute Gasteiger partial charge is 0.439 e. The molecular weight excluding hydrogens is 457 g/mol. The van der Waals surface area contributed by atoms with Crippen molar-refractivity contribution in [3.63, 3.8) is 0 Å². The Kier molecular flexibility index (Phi) is 5.96. The van der Waals surface area contributed by atoms with E-state index in [9.17, 15) is 13.2 Å². The van der Waals surface area contributed by atoms with Gasteiger partial charge < -0.3 is 19.0 Å². The molecule has 0 aliphatic carbocycles. The number of hydrogen-bond acceptors (Lipinski definition) is 7. The second-order valence-electron chi connectivity index (χ2n) is 9.55. The third kappa shape index (κ3) is 4.06. The van der Waals surface area contributed by atoms with E-state index in [2.05, 4.69) is 5.32 Å². The topological polar surface area (TPSA) is 103 Å². The number of nitrogens with zero attached hydrogens (tertiary/aromatic N) is 2. The van der Waals surface area contributed by atoms with Gasteiger partial charge in [0.1, 0.15) is 5.58 Å². The Labute approximate surface area is 199 Å². The normalized spacial score (nSPS) is 17.4. The molecule has 0 radical (unpaired) electrons. The number of anilines is 1. The van der Waals surface area contributed by atoms with Gasteiger partial charge in [-0.05, 0) is 46.9 Å². The molecule has 3 heterocycles. The number of pyridine rings is 1. The third-order valence-corrected chi connectivity index (χ3v) is 7.85. The van der Waals surface area contributed by atoms with E-state index in [1.54, 1.807) is 31.4 Å². The third-order valence-electron chi connectivity index (χ3n) is 6.66. The van der Waals surface area contributed by atoms with E-state index in [1.165, 1.54) is 22.0 Å². The summed E-state index contributed by atoms with van der Waals surface area (Å²) in [5.41, 5.74) is 0.687. The van der Waals surface area contributed by atoms with Crippen LogP contribution in [0.1, 0.15) is 33.3 Å². The molecule has 1 aliphatic heterocycles. The Balaban J connectivity index is 2.01. The van der Waals surface area contributed by atoms with Crippen LogP contribution in [-0.4, -0.2) is 51.7 Å². The highest BCUT2D eigenvalue weighted by atomic mass is 32.2. The van der Waals surface area contributed by atoms with Gasteiger partial charge in [-0.1, -0.05) is 6.07 Å². The maximum Gasteiger partial charge on any atom is 0.497 e. The lowest BCUT2D eigenvalue weighted by molar-refractivity contribution is 0.00578. The fourth-order valence-electron chi connectivity index (χ4n) is 3.93. The van der Waals surface area contributed by atoms with Crippen LogP contribution in [0.4, 0.5) is 5.69 Å². The quantitative estimate of drug-likeness (QED) is 0.531. The number of benzene rings is 1. The van der Waals surface area contributed by atoms with Crippen LogP contribution in [0.2, 0.25) is 0 Å². The number of nitrogens with one attached hydrogen (secondary N) is 1. The molecule has 1 fully saturated rings. The number of aromatic nitrogens is 1. The van der Waals surface area contributed by atoms with Crippen molar-refractivity contribution >= 4 is 39.3 Å². The number of fused-ring (bicyclic) bond motifs is 1. The number of sulfonamides is 1. The minimum absolute atomic E-state index is 0.237. The van der Waals surface area contributed by atoms with Crippen molar-refractivity contribution in [2.24, 2.45) is 0 Å². The predicted octanol–water partition coefficient (Wildman–Crippen LogP) is 2.00. The van der Waals surface area contributed by atoms with E-state index in [1.807, 2.05) is 33.8 Å². The van der Waals surface area contributed by atoms with Gasteiger partial charge in [0.05, 0.1) is 23.1 Å². The molecule has 0 saturated carbocycles. The molecule has 1 aromatic carbocycles. The lowest BCUT2D eigenvalue weighted by atomic mass is 9.77. The van der Waals surface area contributed by atoms with Gasteiger partial charge in [0, 0.05) is 48.3 Å². The molecular formula is C23H30BN3O6S. The van der Waals surface area contributed by atoms with E-state index in [0.717, 1.165) is 17.2 Å². The first-order valence-electron chi connectivity index (χ1n) is 11.0. The molecule has 0 unspecified atom stereocenters. The summed E-state index contributed by atoms with van der Waals surface area (Å²) in [5, 5.41) is 3.86. The maximum absolute atomic E-state index is 12.5. The average Bonchev–Trinajstić information content (AvgIpc) is 3.19. The molecule has 3 aromatic rings. The van der Waals surface area contributed by atoms with Crippen LogP contribution >= 0.6 is 0 Å². The minimum atomic E-state index is -3.59. The summed E-state index contributed by atoms with van der Waals surface area (Å²) < 4.78 is 46.3. The summed E-state index contributed by atoms with van der Waals surface area (Å²) in [6.45, 7) is 8.19. The molecule has 0 bridgehead atoms. The van der Waals surface area contributed by atoms with Crippen molar-refractivity contribution in [1.82, 2.24) is 9.88 Å². The standard InChI is InChI=1S/C23H30BN3O6S/c1-22(2)23(3,4)33-24(32-22)17-12-15-16(14-25-5)21(27-11-9-8-10-20(27)28)31-19(15)13-18(17)26(6)34(7,29)30/h8-13,25H,14H2,1-7H3. The van der Waals surface area contributed by atoms with Crippen molar-refractivity contribution in [2.45, 2.75) is 45.4 Å². The zero-order valence-corrected chi connectivity index (χ0v) is 21.3. The van der Waals surface area contributed by atoms with Gasteiger partial charge in [0.25, 0.3) is 5.56 Å². The molecule has 0 atom stereocenters. The lowest BCUT2D eigenvalue weighted by Crippen LogP contribution is -2.41. The first kappa shape index (κ1) is 24.5. The van der Waals surface area contributed by atoms with E-state index in [0.29, 0.717) is 29.2 Å². The molecule has 4 rings (SSSR count). The van der Waals surface area contributed by atoms with Gasteiger partial charge in [0.15, 0.2) is 0 Å².